The van der Waals surface area contributed by atoms with E-state index in [2.05, 4.69) is 10.1 Å². The van der Waals surface area contributed by atoms with Gasteiger partial charge in [0.15, 0.2) is 5.13 Å². The van der Waals surface area contributed by atoms with Gasteiger partial charge in [0.2, 0.25) is 0 Å². The van der Waals surface area contributed by atoms with Gasteiger partial charge in [0.1, 0.15) is 22.8 Å². The highest BCUT2D eigenvalue weighted by atomic mass is 35.5. The number of hydrogen-bond donors (Lipinski definition) is 0. The van der Waals surface area contributed by atoms with Crippen molar-refractivity contribution in [1.82, 2.24) is 15.1 Å². The van der Waals surface area contributed by atoms with E-state index >= 15 is 0 Å². The Hall–Kier alpha value is -3.75. The van der Waals surface area contributed by atoms with Gasteiger partial charge >= 0.3 is 0 Å². The van der Waals surface area contributed by atoms with E-state index in [1.807, 2.05) is 61.5 Å². The van der Waals surface area contributed by atoms with Gasteiger partial charge in [-0.1, -0.05) is 52.4 Å². The van der Waals surface area contributed by atoms with Crippen molar-refractivity contribution in [2.24, 2.45) is 0 Å². The van der Waals surface area contributed by atoms with Gasteiger partial charge < -0.3 is 9.26 Å². The Bertz CT molecular complexity index is 1500. The number of fused-ring (bicyclic) bond motifs is 1. The summed E-state index contributed by atoms with van der Waals surface area (Å²) in [5.74, 6) is 0.859. The predicted octanol–water partition coefficient (Wildman–Crippen LogP) is 6.55. The molecule has 0 aliphatic carbocycles. The number of aromatic nitrogens is 3. The molecule has 5 rings (SSSR count). The van der Waals surface area contributed by atoms with Crippen LogP contribution >= 0.6 is 22.9 Å². The Kier molecular flexibility index (Phi) is 6.48. The number of pyridine rings is 1. The molecule has 0 N–H and O–H groups in total. The van der Waals surface area contributed by atoms with Crippen LogP contribution in [0.4, 0.5) is 5.13 Å². The number of anilines is 1. The van der Waals surface area contributed by atoms with Crippen LogP contribution < -0.4 is 9.64 Å². The van der Waals surface area contributed by atoms with Crippen LogP contribution in [0.15, 0.2) is 71.4 Å². The first-order valence-electron chi connectivity index (χ1n) is 11.0. The van der Waals surface area contributed by atoms with Crippen LogP contribution in [0.25, 0.3) is 21.5 Å². The molecule has 0 aliphatic heterocycles. The van der Waals surface area contributed by atoms with Gasteiger partial charge in [-0.2, -0.15) is 0 Å². The zero-order chi connectivity index (χ0) is 24.4. The SMILES string of the molecule is CCOc1ccc2nc(N(Cc3ccccn3)C(=O)c3c(-c4ccccc4Cl)noc3C)sc2c1. The van der Waals surface area contributed by atoms with Gasteiger partial charge in [0.25, 0.3) is 5.91 Å². The van der Waals surface area contributed by atoms with Gasteiger partial charge in [-0.05, 0) is 50.2 Å². The van der Waals surface area contributed by atoms with Crippen molar-refractivity contribution in [3.63, 3.8) is 0 Å². The maximum atomic E-state index is 14.1. The summed E-state index contributed by atoms with van der Waals surface area (Å²) in [6.07, 6.45) is 1.70. The predicted molar refractivity (Wildman–Crippen MR) is 137 cm³/mol. The van der Waals surface area contributed by atoms with Crippen molar-refractivity contribution in [2.75, 3.05) is 11.5 Å². The van der Waals surface area contributed by atoms with E-state index < -0.39 is 0 Å². The monoisotopic (exact) mass is 504 g/mol. The number of benzene rings is 2. The van der Waals surface area contributed by atoms with Crippen molar-refractivity contribution in [3.05, 3.63) is 88.9 Å². The minimum absolute atomic E-state index is 0.227. The van der Waals surface area contributed by atoms with Crippen molar-refractivity contribution in [3.8, 4) is 17.0 Å². The molecule has 0 aliphatic rings. The lowest BCUT2D eigenvalue weighted by atomic mass is 10.0. The highest BCUT2D eigenvalue weighted by Gasteiger charge is 2.30. The van der Waals surface area contributed by atoms with Crippen LogP contribution in [0, 0.1) is 6.92 Å². The maximum Gasteiger partial charge on any atom is 0.266 e. The third kappa shape index (κ3) is 4.62. The molecule has 0 unspecified atom stereocenters. The van der Waals surface area contributed by atoms with E-state index in [4.69, 9.17) is 25.8 Å². The molecular formula is C26H21ClN4O3S. The average molecular weight is 505 g/mol. The molecule has 0 saturated carbocycles. The molecular weight excluding hydrogens is 484 g/mol. The molecule has 0 fully saturated rings. The number of aryl methyl sites for hydroxylation is 1. The molecule has 176 valence electrons. The van der Waals surface area contributed by atoms with E-state index in [0.717, 1.165) is 21.7 Å². The van der Waals surface area contributed by atoms with E-state index in [1.54, 1.807) is 24.1 Å². The number of carbonyl (C=O) groups excluding carboxylic acids is 1. The Morgan fingerprint density at radius 3 is 2.74 bits per heavy atom. The van der Waals surface area contributed by atoms with Crippen LogP contribution in [0.1, 0.15) is 28.7 Å². The lowest BCUT2D eigenvalue weighted by molar-refractivity contribution is 0.0984. The van der Waals surface area contributed by atoms with Gasteiger partial charge in [-0.25, -0.2) is 4.98 Å². The number of halogens is 1. The number of nitrogens with zero attached hydrogens (tertiary/aromatic N) is 4. The normalized spacial score (nSPS) is 11.1. The summed E-state index contributed by atoms with van der Waals surface area (Å²) >= 11 is 7.84. The number of carbonyl (C=O) groups is 1. The zero-order valence-corrected chi connectivity index (χ0v) is 20.6. The van der Waals surface area contributed by atoms with Crippen LogP contribution in [-0.2, 0) is 6.54 Å². The summed E-state index contributed by atoms with van der Waals surface area (Å²) in [7, 11) is 0. The van der Waals surface area contributed by atoms with Gasteiger partial charge in [0.05, 0.1) is 34.1 Å². The lowest BCUT2D eigenvalue weighted by Gasteiger charge is -2.19. The Morgan fingerprint density at radius 2 is 1.97 bits per heavy atom. The van der Waals surface area contributed by atoms with Crippen LogP contribution in [0.5, 0.6) is 5.75 Å². The molecule has 9 heteroatoms. The minimum atomic E-state index is -0.298. The van der Waals surface area contributed by atoms with Gasteiger partial charge in [-0.3, -0.25) is 14.7 Å². The molecule has 5 aromatic rings. The number of thiazole rings is 1. The first kappa shape index (κ1) is 23.0. The largest absolute Gasteiger partial charge is 0.494 e. The third-order valence-electron chi connectivity index (χ3n) is 5.39. The summed E-state index contributed by atoms with van der Waals surface area (Å²) in [6.45, 7) is 4.45. The highest BCUT2D eigenvalue weighted by molar-refractivity contribution is 7.22. The van der Waals surface area contributed by atoms with E-state index in [9.17, 15) is 4.79 Å². The number of rotatable bonds is 7. The van der Waals surface area contributed by atoms with Gasteiger partial charge in [-0.15, -0.1) is 0 Å². The molecule has 7 nitrogen and oxygen atoms in total. The Labute approximate surface area is 210 Å². The molecule has 2 aromatic carbocycles. The summed E-state index contributed by atoms with van der Waals surface area (Å²) in [5, 5.41) is 5.19. The molecule has 0 atom stereocenters. The van der Waals surface area contributed by atoms with E-state index in [-0.39, 0.29) is 12.5 Å². The minimum Gasteiger partial charge on any atom is -0.494 e. The van der Waals surface area contributed by atoms with Crippen molar-refractivity contribution in [2.45, 2.75) is 20.4 Å². The molecule has 0 saturated heterocycles. The number of hydrogen-bond acceptors (Lipinski definition) is 7. The van der Waals surface area contributed by atoms with Crippen LogP contribution in [-0.4, -0.2) is 27.6 Å². The van der Waals surface area contributed by atoms with E-state index in [0.29, 0.717) is 39.3 Å². The topological polar surface area (TPSA) is 81.4 Å². The molecule has 3 heterocycles. The molecule has 0 bridgehead atoms. The van der Waals surface area contributed by atoms with E-state index in [1.165, 1.54) is 11.3 Å². The molecule has 3 aromatic heterocycles. The van der Waals surface area contributed by atoms with Gasteiger partial charge in [0, 0.05) is 11.8 Å². The second kappa shape index (κ2) is 9.85. The fourth-order valence-electron chi connectivity index (χ4n) is 3.74. The first-order chi connectivity index (χ1) is 17.0. The summed E-state index contributed by atoms with van der Waals surface area (Å²) in [5.41, 5.74) is 2.86. The first-order valence-corrected chi connectivity index (χ1v) is 12.2. The molecule has 35 heavy (non-hydrogen) atoms. The smallest absolute Gasteiger partial charge is 0.266 e. The molecule has 1 amide bonds. The van der Waals surface area contributed by atoms with Crippen LogP contribution in [0.3, 0.4) is 0 Å². The second-order valence-electron chi connectivity index (χ2n) is 7.71. The van der Waals surface area contributed by atoms with Crippen LogP contribution in [0.2, 0.25) is 5.02 Å². The third-order valence-corrected chi connectivity index (χ3v) is 6.76. The fraction of sp³-hybridized carbons (Fsp3) is 0.154. The maximum absolute atomic E-state index is 14.1. The van der Waals surface area contributed by atoms with Crippen molar-refractivity contribution < 1.29 is 14.1 Å². The van der Waals surface area contributed by atoms with Crippen molar-refractivity contribution >= 4 is 44.2 Å². The number of ether oxygens (including phenoxy) is 1. The zero-order valence-electron chi connectivity index (χ0n) is 19.1. The molecule has 0 radical (unpaired) electrons. The lowest BCUT2D eigenvalue weighted by Crippen LogP contribution is -2.31. The summed E-state index contributed by atoms with van der Waals surface area (Å²) in [4.78, 5) is 24.9. The highest BCUT2D eigenvalue weighted by Crippen LogP contribution is 2.36. The quantitative estimate of drug-likeness (QED) is 0.250. The standard InChI is InChI=1S/C26H21ClN4O3S/c1-3-33-18-11-12-21-22(14-18)35-26(29-21)31(15-17-8-6-7-13-28-17)25(32)23-16(2)34-30-24(23)19-9-4-5-10-20(19)27/h4-14H,3,15H2,1-2H3. The Morgan fingerprint density at radius 1 is 1.14 bits per heavy atom. The summed E-state index contributed by atoms with van der Waals surface area (Å²) < 4.78 is 12.0. The van der Waals surface area contributed by atoms with Crippen molar-refractivity contribution in [1.29, 1.82) is 0 Å². The summed E-state index contributed by atoms with van der Waals surface area (Å²) in [6, 6.07) is 18.5. The molecule has 0 spiro atoms. The number of amides is 1. The average Bonchev–Trinajstić information content (AvgIpc) is 3.46. The second-order valence-corrected chi connectivity index (χ2v) is 9.13. The fourth-order valence-corrected chi connectivity index (χ4v) is 4.96. The Balaban J connectivity index is 1.61.